The van der Waals surface area contributed by atoms with Crippen LogP contribution in [0.15, 0.2) is 51.3 Å². The average molecular weight is 435 g/mol. The minimum absolute atomic E-state index is 0. The van der Waals surface area contributed by atoms with E-state index < -0.39 is 19.4 Å². The van der Waals surface area contributed by atoms with E-state index in [1.807, 2.05) is 17.1 Å². The van der Waals surface area contributed by atoms with Crippen molar-refractivity contribution in [2.75, 3.05) is 0 Å². The van der Waals surface area contributed by atoms with E-state index in [1.165, 1.54) is 19.4 Å². The van der Waals surface area contributed by atoms with Gasteiger partial charge in [-0.05, 0) is 0 Å². The third-order valence-corrected chi connectivity index (χ3v) is 22.1. The molecule has 2 aliphatic rings. The molecule has 0 aromatic heterocycles. The summed E-state index contributed by atoms with van der Waals surface area (Å²) in [5.74, 6) is 0. The van der Waals surface area contributed by atoms with Crippen molar-refractivity contribution in [2.24, 2.45) is 0 Å². The first-order valence-electron chi connectivity index (χ1n) is 7.74. The average Bonchev–Trinajstić information content (AvgIpc) is 3.07. The quantitative estimate of drug-likeness (QED) is 0.551. The predicted molar refractivity (Wildman–Crippen MR) is 106 cm³/mol. The number of halogens is 2. The molecule has 22 heavy (non-hydrogen) atoms. The maximum Gasteiger partial charge on any atom is -0.147 e. The van der Waals surface area contributed by atoms with Crippen LogP contribution >= 0.6 is 24.8 Å². The van der Waals surface area contributed by atoms with E-state index in [1.54, 1.807) is 11.1 Å². The van der Waals surface area contributed by atoms with Crippen LogP contribution in [0.5, 0.6) is 0 Å². The molecule has 0 bridgehead atoms. The molecule has 2 atom stereocenters. The molecule has 4 heteroatoms. The molecule has 1 aromatic carbocycles. The van der Waals surface area contributed by atoms with Gasteiger partial charge in [0.15, 0.2) is 0 Å². The topological polar surface area (TPSA) is 0 Å². The molecule has 2 aliphatic carbocycles. The Morgan fingerprint density at radius 2 is 1.77 bits per heavy atom. The largest absolute Gasteiger partial charge is 0.147 e. The van der Waals surface area contributed by atoms with Crippen molar-refractivity contribution in [2.45, 2.75) is 35.4 Å². The molecule has 2 unspecified atom stereocenters. The van der Waals surface area contributed by atoms with E-state index in [2.05, 4.69) is 60.1 Å². The van der Waals surface area contributed by atoms with Crippen LogP contribution in [0.25, 0.3) is 6.08 Å². The molecule has 0 nitrogen and oxygen atoms in total. The summed E-state index contributed by atoms with van der Waals surface area (Å²) in [6, 6.07) is 9.02. The fraction of sp³-hybridized carbons (Fsp3) is 0.333. The van der Waals surface area contributed by atoms with Crippen LogP contribution in [-0.4, -0.2) is 7.37 Å². The van der Waals surface area contributed by atoms with E-state index >= 15 is 0 Å². The van der Waals surface area contributed by atoms with Gasteiger partial charge in [-0.15, -0.1) is 24.8 Å². The Labute approximate surface area is 154 Å². The molecule has 0 saturated carbocycles. The van der Waals surface area contributed by atoms with Crippen LogP contribution < -0.4 is 0 Å². The van der Waals surface area contributed by atoms with Crippen molar-refractivity contribution in [3.8, 4) is 0 Å². The van der Waals surface area contributed by atoms with Gasteiger partial charge in [-0.2, -0.15) is 0 Å². The first-order valence-corrected chi connectivity index (χ1v) is 21.2. The molecule has 1 aromatic rings. The van der Waals surface area contributed by atoms with Gasteiger partial charge in [0.05, 0.1) is 0 Å². The SMILES string of the molecule is CC.CC1=Cc2ccccc2[CH]1[Zr]([CH3])([SiH3])[C]1=CC=CC1.Cl.Cl. The number of hydrogen-bond acceptors (Lipinski definition) is 0. The zero-order chi connectivity index (χ0) is 14.8. The molecule has 0 saturated heterocycles. The van der Waals surface area contributed by atoms with Crippen LogP contribution in [0.2, 0.25) is 4.63 Å². The zero-order valence-corrected chi connectivity index (χ0v) is 20.3. The third kappa shape index (κ3) is 4.15. The van der Waals surface area contributed by atoms with E-state index in [0.29, 0.717) is 0 Å². The minimum atomic E-state index is -2.11. The first kappa shape index (κ1) is 22.1. The van der Waals surface area contributed by atoms with Crippen LogP contribution in [-0.2, 0) is 19.4 Å². The fourth-order valence-electron chi connectivity index (χ4n) is 3.55. The zero-order valence-electron chi connectivity index (χ0n) is 14.2. The molecular formula is C18H28Cl2SiZr. The van der Waals surface area contributed by atoms with Crippen molar-refractivity contribution >= 4 is 38.3 Å². The summed E-state index contributed by atoms with van der Waals surface area (Å²) < 4.78 is 5.28. The first-order chi connectivity index (χ1) is 9.60. The molecule has 0 heterocycles. The fourth-order valence-corrected chi connectivity index (χ4v) is 19.6. The van der Waals surface area contributed by atoms with Gasteiger partial charge in [0.2, 0.25) is 0 Å². The Morgan fingerprint density at radius 1 is 1.14 bits per heavy atom. The monoisotopic (exact) mass is 432 g/mol. The maximum atomic E-state index is 2.66. The third-order valence-electron chi connectivity index (χ3n) is 4.47. The summed E-state index contributed by atoms with van der Waals surface area (Å²) in [5.41, 5.74) is 4.72. The van der Waals surface area contributed by atoms with Crippen molar-refractivity contribution < 1.29 is 19.4 Å². The molecule has 0 spiro atoms. The Kier molecular flexibility index (Phi) is 9.48. The standard InChI is InChI=1S/C10H9.C5H5.C2H6.CH3.2ClH.H3Si.Zr/c1-8-6-9-4-2-3-5-10(9)7-8;1-2-4-5-3-1;1-2;;;;;/h2-7H,1H3;1-3H,4H2;1-2H3;1H3;2*1H;1H3;. The second-order valence-electron chi connectivity index (χ2n) is 6.00. The van der Waals surface area contributed by atoms with Gasteiger partial charge >= 0.3 is 117 Å². The van der Waals surface area contributed by atoms with Crippen LogP contribution in [0.1, 0.15) is 41.9 Å². The van der Waals surface area contributed by atoms with Crippen LogP contribution in [0, 0.1) is 0 Å². The van der Waals surface area contributed by atoms with Crippen molar-refractivity contribution in [1.29, 1.82) is 0 Å². The Hall–Kier alpha value is 0.120. The number of benzene rings is 1. The summed E-state index contributed by atoms with van der Waals surface area (Å²) in [6.07, 6.45) is 10.7. The van der Waals surface area contributed by atoms with Gasteiger partial charge in [0.25, 0.3) is 0 Å². The summed E-state index contributed by atoms with van der Waals surface area (Å²) in [5, 5.41) is 0. The molecule has 3 rings (SSSR count). The predicted octanol–water partition coefficient (Wildman–Crippen LogP) is 5.34. The molecule has 0 fully saturated rings. The summed E-state index contributed by atoms with van der Waals surface area (Å²) in [4.78, 5) is 0. The number of allylic oxidation sites excluding steroid dienone is 5. The second-order valence-corrected chi connectivity index (χ2v) is 29.7. The Morgan fingerprint density at radius 3 is 2.36 bits per heavy atom. The number of hydrogen-bond donors (Lipinski definition) is 0. The van der Waals surface area contributed by atoms with Gasteiger partial charge in [-0.1, -0.05) is 13.8 Å². The summed E-state index contributed by atoms with van der Waals surface area (Å²) in [6.45, 7) is 6.35. The van der Waals surface area contributed by atoms with Crippen LogP contribution in [0.3, 0.4) is 0 Å². The molecule has 0 amide bonds. The number of fused-ring (bicyclic) bond motifs is 1. The molecule has 122 valence electrons. The van der Waals surface area contributed by atoms with Gasteiger partial charge in [0.1, 0.15) is 0 Å². The van der Waals surface area contributed by atoms with E-state index in [0.717, 1.165) is 3.63 Å². The smallest absolute Gasteiger partial charge is 0.147 e. The summed E-state index contributed by atoms with van der Waals surface area (Å²) >= 11 is -2.11. The van der Waals surface area contributed by atoms with Crippen molar-refractivity contribution in [3.63, 3.8) is 0 Å². The number of rotatable bonds is 2. The molecule has 0 aliphatic heterocycles. The second kappa shape index (κ2) is 9.42. The van der Waals surface area contributed by atoms with Crippen molar-refractivity contribution in [3.05, 3.63) is 62.5 Å². The Balaban J connectivity index is 0.00000106. The van der Waals surface area contributed by atoms with Crippen molar-refractivity contribution in [1.82, 2.24) is 0 Å². The molecule has 0 radical (unpaired) electrons. The molecular weight excluding hydrogens is 406 g/mol. The van der Waals surface area contributed by atoms with E-state index in [-0.39, 0.29) is 24.8 Å². The van der Waals surface area contributed by atoms with Gasteiger partial charge in [0, 0.05) is 0 Å². The Bertz CT molecular complexity index is 589. The maximum absolute atomic E-state index is 2.66. The van der Waals surface area contributed by atoms with Crippen LogP contribution in [0.4, 0.5) is 0 Å². The molecule has 0 N–H and O–H groups in total. The van der Waals surface area contributed by atoms with Gasteiger partial charge < -0.3 is 0 Å². The minimum Gasteiger partial charge on any atom is -0.147 e. The van der Waals surface area contributed by atoms with E-state index in [4.69, 9.17) is 0 Å². The normalized spacial score (nSPS) is 20.5. The van der Waals surface area contributed by atoms with E-state index in [9.17, 15) is 0 Å². The summed E-state index contributed by atoms with van der Waals surface area (Å²) in [7, 11) is 1.40. The van der Waals surface area contributed by atoms with Gasteiger partial charge in [-0.3, -0.25) is 0 Å². The van der Waals surface area contributed by atoms with Gasteiger partial charge in [-0.25, -0.2) is 0 Å².